The van der Waals surface area contributed by atoms with E-state index >= 15 is 0 Å². The topological polar surface area (TPSA) is 125 Å². The number of hydrogen-bond acceptors (Lipinski definition) is 5. The van der Waals surface area contributed by atoms with E-state index in [0.717, 1.165) is 5.56 Å². The van der Waals surface area contributed by atoms with Crippen LogP contribution in [0.15, 0.2) is 29.2 Å². The molecule has 8 heteroatoms. The van der Waals surface area contributed by atoms with E-state index in [2.05, 4.69) is 5.32 Å². The highest BCUT2D eigenvalue weighted by Gasteiger charge is 2.12. The second-order valence-corrected chi connectivity index (χ2v) is 5.85. The van der Waals surface area contributed by atoms with Gasteiger partial charge < -0.3 is 15.8 Å². The van der Waals surface area contributed by atoms with Gasteiger partial charge in [0, 0.05) is 13.7 Å². The van der Waals surface area contributed by atoms with Gasteiger partial charge in [0.2, 0.25) is 15.9 Å². The van der Waals surface area contributed by atoms with Crippen LogP contribution in [0.1, 0.15) is 5.56 Å². The van der Waals surface area contributed by atoms with Crippen molar-refractivity contribution in [1.82, 2.24) is 5.32 Å². The lowest BCUT2D eigenvalue weighted by molar-refractivity contribution is -0.123. The fourth-order valence-electron chi connectivity index (χ4n) is 1.56. The average Bonchev–Trinajstić information content (AvgIpc) is 2.38. The highest BCUT2D eigenvalue weighted by atomic mass is 32.2. The van der Waals surface area contributed by atoms with Crippen molar-refractivity contribution < 1.29 is 17.9 Å². The van der Waals surface area contributed by atoms with Crippen LogP contribution in [0.25, 0.3) is 0 Å². The third-order valence-electron chi connectivity index (χ3n) is 2.65. The number of ether oxygens (including phenoxy) is 1. The summed E-state index contributed by atoms with van der Waals surface area (Å²) in [5.74, 6) is -0.284. The third-order valence-corrected chi connectivity index (χ3v) is 3.58. The van der Waals surface area contributed by atoms with Crippen LogP contribution in [0.2, 0.25) is 0 Å². The van der Waals surface area contributed by atoms with E-state index in [1.807, 2.05) is 0 Å². The summed E-state index contributed by atoms with van der Waals surface area (Å²) in [5.41, 5.74) is 6.44. The maximum Gasteiger partial charge on any atom is 0.239 e. The zero-order valence-corrected chi connectivity index (χ0v) is 12.0. The molecule has 0 radical (unpaired) electrons. The number of carbonyl (C=O) groups is 1. The van der Waals surface area contributed by atoms with E-state index < -0.39 is 16.1 Å². The third kappa shape index (κ3) is 5.25. The number of hydrogen-bond donors (Lipinski definition) is 3. The van der Waals surface area contributed by atoms with Crippen molar-refractivity contribution in [2.75, 3.05) is 20.3 Å². The molecule has 1 atom stereocenters. The predicted octanol–water partition coefficient (Wildman–Crippen LogP) is -1.03. The van der Waals surface area contributed by atoms with E-state index in [0.29, 0.717) is 13.0 Å². The monoisotopic (exact) mass is 301 g/mol. The van der Waals surface area contributed by atoms with E-state index in [1.54, 1.807) is 12.1 Å². The minimum absolute atomic E-state index is 0.0624. The van der Waals surface area contributed by atoms with E-state index in [-0.39, 0.29) is 17.4 Å². The molecule has 1 aromatic carbocycles. The average molecular weight is 301 g/mol. The minimum Gasteiger partial charge on any atom is -0.383 e. The van der Waals surface area contributed by atoms with Crippen LogP contribution in [0.5, 0.6) is 0 Å². The van der Waals surface area contributed by atoms with Gasteiger partial charge in [0.25, 0.3) is 0 Å². The molecule has 7 nitrogen and oxygen atoms in total. The number of primary sulfonamides is 1. The van der Waals surface area contributed by atoms with Crippen molar-refractivity contribution in [3.63, 3.8) is 0 Å². The smallest absolute Gasteiger partial charge is 0.239 e. The fraction of sp³-hybridized carbons (Fsp3) is 0.417. The lowest BCUT2D eigenvalue weighted by Crippen LogP contribution is -2.44. The van der Waals surface area contributed by atoms with Crippen LogP contribution in [0, 0.1) is 0 Å². The SMILES string of the molecule is COCC(N)C(=O)NCCc1ccc(S(N)(=O)=O)cc1. The van der Waals surface area contributed by atoms with Crippen LogP contribution in [0.4, 0.5) is 0 Å². The highest BCUT2D eigenvalue weighted by Crippen LogP contribution is 2.08. The van der Waals surface area contributed by atoms with Gasteiger partial charge in [-0.2, -0.15) is 0 Å². The molecule has 1 aromatic rings. The van der Waals surface area contributed by atoms with Gasteiger partial charge in [0.05, 0.1) is 11.5 Å². The Kier molecular flexibility index (Phi) is 6.08. The van der Waals surface area contributed by atoms with Crippen molar-refractivity contribution in [2.45, 2.75) is 17.4 Å². The Labute approximate surface area is 118 Å². The van der Waals surface area contributed by atoms with Crippen molar-refractivity contribution in [2.24, 2.45) is 10.9 Å². The summed E-state index contributed by atoms with van der Waals surface area (Å²) < 4.78 is 26.9. The van der Waals surface area contributed by atoms with E-state index in [1.165, 1.54) is 19.2 Å². The summed E-state index contributed by atoms with van der Waals surface area (Å²) in [7, 11) is -2.20. The zero-order chi connectivity index (χ0) is 15.2. The maximum atomic E-state index is 11.5. The number of amides is 1. The molecule has 5 N–H and O–H groups in total. The van der Waals surface area contributed by atoms with Gasteiger partial charge in [0.1, 0.15) is 6.04 Å². The second-order valence-electron chi connectivity index (χ2n) is 4.29. The number of nitrogens with two attached hydrogens (primary N) is 2. The number of methoxy groups -OCH3 is 1. The molecule has 0 saturated heterocycles. The summed E-state index contributed by atoms with van der Waals surface area (Å²) in [6.07, 6.45) is 0.566. The molecule has 0 spiro atoms. The van der Waals surface area contributed by atoms with E-state index in [9.17, 15) is 13.2 Å². The van der Waals surface area contributed by atoms with Crippen molar-refractivity contribution in [3.05, 3.63) is 29.8 Å². The molecule has 0 saturated carbocycles. The highest BCUT2D eigenvalue weighted by molar-refractivity contribution is 7.89. The zero-order valence-electron chi connectivity index (χ0n) is 11.2. The van der Waals surface area contributed by atoms with Crippen LogP contribution in [-0.2, 0) is 26.0 Å². The van der Waals surface area contributed by atoms with Crippen LogP contribution in [0.3, 0.4) is 0 Å². The molecule has 0 bridgehead atoms. The second kappa shape index (κ2) is 7.34. The first-order chi connectivity index (χ1) is 9.34. The van der Waals surface area contributed by atoms with Gasteiger partial charge >= 0.3 is 0 Å². The summed E-state index contributed by atoms with van der Waals surface area (Å²) in [4.78, 5) is 11.6. The largest absolute Gasteiger partial charge is 0.383 e. The first kappa shape index (κ1) is 16.6. The molecule has 0 aliphatic heterocycles. The Morgan fingerprint density at radius 3 is 2.45 bits per heavy atom. The predicted molar refractivity (Wildman–Crippen MR) is 74.4 cm³/mol. The molecule has 1 rings (SSSR count). The molecular weight excluding hydrogens is 282 g/mol. The van der Waals surface area contributed by atoms with Crippen molar-refractivity contribution in [1.29, 1.82) is 0 Å². The number of sulfonamides is 1. The van der Waals surface area contributed by atoms with Crippen molar-refractivity contribution >= 4 is 15.9 Å². The van der Waals surface area contributed by atoms with Gasteiger partial charge in [-0.15, -0.1) is 0 Å². The lowest BCUT2D eigenvalue weighted by atomic mass is 10.1. The van der Waals surface area contributed by atoms with Gasteiger partial charge in [-0.3, -0.25) is 4.79 Å². The maximum absolute atomic E-state index is 11.5. The molecule has 0 aliphatic rings. The van der Waals surface area contributed by atoms with Gasteiger partial charge in [-0.25, -0.2) is 13.6 Å². The number of carbonyl (C=O) groups excluding carboxylic acids is 1. The summed E-state index contributed by atoms with van der Waals surface area (Å²) >= 11 is 0. The molecule has 0 heterocycles. The van der Waals surface area contributed by atoms with Gasteiger partial charge in [-0.05, 0) is 24.1 Å². The van der Waals surface area contributed by atoms with E-state index in [4.69, 9.17) is 15.6 Å². The quantitative estimate of drug-likeness (QED) is 0.593. The normalized spacial score (nSPS) is 12.9. The molecular formula is C12H19N3O4S. The number of benzene rings is 1. The molecule has 1 unspecified atom stereocenters. The summed E-state index contributed by atoms with van der Waals surface area (Å²) in [5, 5.41) is 7.67. The minimum atomic E-state index is -3.67. The van der Waals surface area contributed by atoms with Crippen LogP contribution >= 0.6 is 0 Å². The van der Waals surface area contributed by atoms with Crippen LogP contribution in [-0.4, -0.2) is 40.6 Å². The first-order valence-corrected chi connectivity index (χ1v) is 7.53. The Bertz CT molecular complexity index is 542. The Hall–Kier alpha value is -1.48. The van der Waals surface area contributed by atoms with Gasteiger partial charge in [-0.1, -0.05) is 12.1 Å². The Morgan fingerprint density at radius 2 is 1.95 bits per heavy atom. The van der Waals surface area contributed by atoms with Gasteiger partial charge in [0.15, 0.2) is 0 Å². The molecule has 112 valence electrons. The fourth-order valence-corrected chi connectivity index (χ4v) is 2.08. The van der Waals surface area contributed by atoms with Crippen LogP contribution < -0.4 is 16.2 Å². The molecule has 0 fully saturated rings. The molecule has 20 heavy (non-hydrogen) atoms. The summed E-state index contributed by atoms with van der Waals surface area (Å²) in [6, 6.07) is 5.48. The summed E-state index contributed by atoms with van der Waals surface area (Å²) in [6.45, 7) is 0.569. The molecule has 0 aliphatic carbocycles. The molecule has 1 amide bonds. The molecule has 0 aromatic heterocycles. The Morgan fingerprint density at radius 1 is 1.35 bits per heavy atom. The van der Waals surface area contributed by atoms with Crippen molar-refractivity contribution in [3.8, 4) is 0 Å². The Balaban J connectivity index is 2.45. The number of rotatable bonds is 7. The lowest BCUT2D eigenvalue weighted by Gasteiger charge is -2.11. The standard InChI is InChI=1S/C12H19N3O4S/c1-19-8-11(13)12(16)15-7-6-9-2-4-10(5-3-9)20(14,17)18/h2-5,11H,6-8,13H2,1H3,(H,15,16)(H2,14,17,18). The number of nitrogens with one attached hydrogen (secondary N) is 1. The first-order valence-electron chi connectivity index (χ1n) is 5.98.